The molecule has 0 spiro atoms. The number of nitrogens with two attached hydrogens (primary N) is 1. The van der Waals surface area contributed by atoms with Crippen molar-refractivity contribution in [2.75, 3.05) is 0 Å². The van der Waals surface area contributed by atoms with E-state index in [9.17, 15) is 4.79 Å². The maximum Gasteiger partial charge on any atom is 0.220 e. The third-order valence-corrected chi connectivity index (χ3v) is 3.47. The van der Waals surface area contributed by atoms with E-state index < -0.39 is 0 Å². The fraction of sp³-hybridized carbons (Fsp3) is 0.769. The first-order valence-corrected chi connectivity index (χ1v) is 7.05. The van der Waals surface area contributed by atoms with Gasteiger partial charge in [-0.05, 0) is 33.1 Å². The standard InChI is InChI=1S/C13H23N5O/c1-9(14)5-3-7-12(19)15-10(2)13-17-16-11-6-4-8-18(11)13/h9-10H,3-8,14H2,1-2H3,(H,15,19). The maximum atomic E-state index is 11.8. The van der Waals surface area contributed by atoms with Gasteiger partial charge in [0, 0.05) is 25.4 Å². The number of aromatic nitrogens is 3. The van der Waals surface area contributed by atoms with E-state index in [1.807, 2.05) is 13.8 Å². The summed E-state index contributed by atoms with van der Waals surface area (Å²) >= 11 is 0. The number of aryl methyl sites for hydroxylation is 1. The van der Waals surface area contributed by atoms with Crippen LogP contribution in [0.25, 0.3) is 0 Å². The van der Waals surface area contributed by atoms with Crippen LogP contribution in [-0.2, 0) is 17.8 Å². The van der Waals surface area contributed by atoms with E-state index in [2.05, 4.69) is 20.1 Å². The Morgan fingerprint density at radius 3 is 3.00 bits per heavy atom. The fourth-order valence-electron chi connectivity index (χ4n) is 2.46. The predicted molar refractivity (Wildman–Crippen MR) is 72.4 cm³/mol. The van der Waals surface area contributed by atoms with Crippen molar-refractivity contribution >= 4 is 5.91 Å². The number of nitrogens with zero attached hydrogens (tertiary/aromatic N) is 3. The third kappa shape index (κ3) is 3.53. The van der Waals surface area contributed by atoms with E-state index >= 15 is 0 Å². The second-order valence-corrected chi connectivity index (χ2v) is 5.39. The quantitative estimate of drug-likeness (QED) is 0.801. The molecule has 0 aromatic carbocycles. The number of amides is 1. The Bertz CT molecular complexity index is 440. The Labute approximate surface area is 113 Å². The van der Waals surface area contributed by atoms with E-state index in [0.29, 0.717) is 6.42 Å². The summed E-state index contributed by atoms with van der Waals surface area (Å²) in [5.74, 6) is 1.96. The first kappa shape index (κ1) is 14.0. The first-order chi connectivity index (χ1) is 9.08. The summed E-state index contributed by atoms with van der Waals surface area (Å²) in [6.07, 6.45) is 4.33. The second kappa shape index (κ2) is 6.14. The zero-order valence-corrected chi connectivity index (χ0v) is 11.7. The van der Waals surface area contributed by atoms with Gasteiger partial charge in [-0.1, -0.05) is 0 Å². The molecule has 2 rings (SSSR count). The molecule has 2 heterocycles. The second-order valence-electron chi connectivity index (χ2n) is 5.39. The number of nitrogens with one attached hydrogen (secondary N) is 1. The number of carbonyl (C=O) groups is 1. The molecule has 0 radical (unpaired) electrons. The van der Waals surface area contributed by atoms with Crippen LogP contribution in [0.3, 0.4) is 0 Å². The Hall–Kier alpha value is -1.43. The Morgan fingerprint density at radius 2 is 2.26 bits per heavy atom. The number of carbonyl (C=O) groups excluding carboxylic acids is 1. The van der Waals surface area contributed by atoms with Gasteiger partial charge < -0.3 is 15.6 Å². The van der Waals surface area contributed by atoms with Gasteiger partial charge in [0.1, 0.15) is 5.82 Å². The van der Waals surface area contributed by atoms with Gasteiger partial charge in [-0.15, -0.1) is 10.2 Å². The zero-order valence-electron chi connectivity index (χ0n) is 11.7. The SMILES string of the molecule is CC(N)CCCC(=O)NC(C)c1nnc2n1CCC2. The maximum absolute atomic E-state index is 11.8. The molecule has 1 aromatic rings. The minimum Gasteiger partial charge on any atom is -0.346 e. The molecule has 1 aromatic heterocycles. The lowest BCUT2D eigenvalue weighted by Crippen LogP contribution is -2.28. The van der Waals surface area contributed by atoms with Gasteiger partial charge in [0.25, 0.3) is 0 Å². The molecule has 0 bridgehead atoms. The topological polar surface area (TPSA) is 85.8 Å². The lowest BCUT2D eigenvalue weighted by atomic mass is 10.1. The highest BCUT2D eigenvalue weighted by molar-refractivity contribution is 5.76. The number of hydrogen-bond donors (Lipinski definition) is 2. The van der Waals surface area contributed by atoms with Crippen molar-refractivity contribution in [2.24, 2.45) is 5.73 Å². The average molecular weight is 265 g/mol. The van der Waals surface area contributed by atoms with E-state index in [4.69, 9.17) is 5.73 Å². The van der Waals surface area contributed by atoms with Crippen molar-refractivity contribution in [1.82, 2.24) is 20.1 Å². The summed E-state index contributed by atoms with van der Waals surface area (Å²) < 4.78 is 2.12. The molecule has 0 fully saturated rings. The van der Waals surface area contributed by atoms with Gasteiger partial charge in [-0.25, -0.2) is 0 Å². The van der Waals surface area contributed by atoms with Crippen LogP contribution >= 0.6 is 0 Å². The smallest absolute Gasteiger partial charge is 0.220 e. The van der Waals surface area contributed by atoms with Gasteiger partial charge in [0.05, 0.1) is 6.04 Å². The van der Waals surface area contributed by atoms with Gasteiger partial charge >= 0.3 is 0 Å². The van der Waals surface area contributed by atoms with Crippen LogP contribution in [0.4, 0.5) is 0 Å². The van der Waals surface area contributed by atoms with Crippen LogP contribution in [0.5, 0.6) is 0 Å². The molecule has 0 aliphatic carbocycles. The lowest BCUT2D eigenvalue weighted by molar-refractivity contribution is -0.121. The summed E-state index contributed by atoms with van der Waals surface area (Å²) in [5, 5.41) is 11.3. The minimum absolute atomic E-state index is 0.0588. The Morgan fingerprint density at radius 1 is 1.47 bits per heavy atom. The number of rotatable bonds is 6. The average Bonchev–Trinajstić information content (AvgIpc) is 2.88. The van der Waals surface area contributed by atoms with Crippen molar-refractivity contribution in [3.8, 4) is 0 Å². The fourth-order valence-corrected chi connectivity index (χ4v) is 2.46. The molecular weight excluding hydrogens is 242 g/mol. The van der Waals surface area contributed by atoms with E-state index in [1.165, 1.54) is 0 Å². The lowest BCUT2D eigenvalue weighted by Gasteiger charge is -2.14. The zero-order chi connectivity index (χ0) is 13.8. The van der Waals surface area contributed by atoms with Crippen LogP contribution in [0.1, 0.15) is 57.2 Å². The molecule has 1 aliphatic rings. The molecule has 2 unspecified atom stereocenters. The summed E-state index contributed by atoms with van der Waals surface area (Å²) in [6, 6.07) is 0.0761. The highest BCUT2D eigenvalue weighted by Crippen LogP contribution is 2.18. The molecule has 1 amide bonds. The van der Waals surface area contributed by atoms with Crippen molar-refractivity contribution in [2.45, 2.75) is 64.6 Å². The molecule has 6 nitrogen and oxygen atoms in total. The molecular formula is C13H23N5O. The molecule has 106 valence electrons. The summed E-state index contributed by atoms with van der Waals surface area (Å²) in [5.41, 5.74) is 5.67. The van der Waals surface area contributed by atoms with Crippen LogP contribution in [0.2, 0.25) is 0 Å². The van der Waals surface area contributed by atoms with Crippen LogP contribution in [-0.4, -0.2) is 26.7 Å². The van der Waals surface area contributed by atoms with Gasteiger partial charge in [0.2, 0.25) is 5.91 Å². The van der Waals surface area contributed by atoms with E-state index in [-0.39, 0.29) is 18.0 Å². The Balaban J connectivity index is 1.83. The molecule has 0 saturated carbocycles. The highest BCUT2D eigenvalue weighted by atomic mass is 16.1. The molecule has 3 N–H and O–H groups in total. The van der Waals surface area contributed by atoms with Gasteiger partial charge in [0.15, 0.2) is 5.82 Å². The van der Waals surface area contributed by atoms with Crippen LogP contribution < -0.4 is 11.1 Å². The molecule has 19 heavy (non-hydrogen) atoms. The van der Waals surface area contributed by atoms with Crippen LogP contribution in [0.15, 0.2) is 0 Å². The molecule has 0 saturated heterocycles. The largest absolute Gasteiger partial charge is 0.346 e. The van der Waals surface area contributed by atoms with Crippen molar-refractivity contribution in [3.63, 3.8) is 0 Å². The van der Waals surface area contributed by atoms with E-state index in [0.717, 1.165) is 43.9 Å². The summed E-state index contributed by atoms with van der Waals surface area (Å²) in [4.78, 5) is 11.8. The normalized spacial score (nSPS) is 17.0. The summed E-state index contributed by atoms with van der Waals surface area (Å²) in [7, 11) is 0. The van der Waals surface area contributed by atoms with Crippen molar-refractivity contribution in [3.05, 3.63) is 11.6 Å². The minimum atomic E-state index is -0.0813. The third-order valence-electron chi connectivity index (χ3n) is 3.47. The number of fused-ring (bicyclic) bond motifs is 1. The van der Waals surface area contributed by atoms with Crippen molar-refractivity contribution < 1.29 is 4.79 Å². The van der Waals surface area contributed by atoms with E-state index in [1.54, 1.807) is 0 Å². The summed E-state index contributed by atoms with van der Waals surface area (Å²) in [6.45, 7) is 4.88. The first-order valence-electron chi connectivity index (χ1n) is 7.05. The number of hydrogen-bond acceptors (Lipinski definition) is 4. The van der Waals surface area contributed by atoms with Gasteiger partial charge in [-0.3, -0.25) is 4.79 Å². The predicted octanol–water partition coefficient (Wildman–Crippen LogP) is 0.919. The van der Waals surface area contributed by atoms with Gasteiger partial charge in [-0.2, -0.15) is 0 Å². The molecule has 6 heteroatoms. The molecule has 2 atom stereocenters. The van der Waals surface area contributed by atoms with Crippen molar-refractivity contribution in [1.29, 1.82) is 0 Å². The monoisotopic (exact) mass is 265 g/mol. The highest BCUT2D eigenvalue weighted by Gasteiger charge is 2.22. The van der Waals surface area contributed by atoms with Crippen LogP contribution in [0, 0.1) is 0 Å². The Kier molecular flexibility index (Phi) is 4.52. The molecule has 1 aliphatic heterocycles.